The van der Waals surface area contributed by atoms with E-state index in [1.54, 1.807) is 24.4 Å². The van der Waals surface area contributed by atoms with Gasteiger partial charge in [-0.2, -0.15) is 0 Å². The second kappa shape index (κ2) is 6.62. The van der Waals surface area contributed by atoms with Gasteiger partial charge in [-0.3, -0.25) is 9.78 Å². The van der Waals surface area contributed by atoms with E-state index < -0.39 is 6.10 Å². The Kier molecular flexibility index (Phi) is 4.39. The van der Waals surface area contributed by atoms with Gasteiger partial charge in [0, 0.05) is 29.6 Å². The molecule has 0 bridgehead atoms. The third kappa shape index (κ3) is 3.57. The number of nitrogens with zero attached hydrogens (tertiary/aromatic N) is 1. The molecule has 2 unspecified atom stereocenters. The minimum atomic E-state index is -0.735. The molecule has 2 atom stereocenters. The molecule has 3 rings (SSSR count). The maximum atomic E-state index is 12.3. The molecule has 1 amide bonds. The van der Waals surface area contributed by atoms with Crippen molar-refractivity contribution in [3.63, 3.8) is 0 Å². The van der Waals surface area contributed by atoms with Crippen LogP contribution in [0.1, 0.15) is 35.6 Å². The van der Waals surface area contributed by atoms with Crippen molar-refractivity contribution in [2.24, 2.45) is 0 Å². The Morgan fingerprint density at radius 3 is 2.96 bits per heavy atom. The highest BCUT2D eigenvalue weighted by Gasteiger charge is 2.17. The predicted octanol–water partition coefficient (Wildman–Crippen LogP) is 3.07. The normalized spacial score (nSPS) is 13.7. The highest BCUT2D eigenvalue weighted by molar-refractivity contribution is 5.98. The fourth-order valence-corrected chi connectivity index (χ4v) is 2.51. The van der Waals surface area contributed by atoms with Crippen molar-refractivity contribution in [2.75, 3.05) is 0 Å². The summed E-state index contributed by atoms with van der Waals surface area (Å²) < 4.78 is 5.16. The Morgan fingerprint density at radius 1 is 1.30 bits per heavy atom. The largest absolute Gasteiger partial charge is 0.467 e. The molecular formula is C18H18N2O3. The maximum absolute atomic E-state index is 12.3. The van der Waals surface area contributed by atoms with Crippen molar-refractivity contribution < 1.29 is 14.3 Å². The van der Waals surface area contributed by atoms with Gasteiger partial charge in [-0.25, -0.2) is 0 Å². The first kappa shape index (κ1) is 15.2. The van der Waals surface area contributed by atoms with Crippen LogP contribution in [0, 0.1) is 0 Å². The topological polar surface area (TPSA) is 75.4 Å². The lowest BCUT2D eigenvalue weighted by Gasteiger charge is -2.17. The number of aromatic nitrogens is 1. The summed E-state index contributed by atoms with van der Waals surface area (Å²) in [4.78, 5) is 16.6. The fourth-order valence-electron chi connectivity index (χ4n) is 2.51. The Labute approximate surface area is 134 Å². The molecule has 0 saturated carbocycles. The highest BCUT2D eigenvalue weighted by Crippen LogP contribution is 2.19. The van der Waals surface area contributed by atoms with E-state index in [0.717, 1.165) is 10.9 Å². The van der Waals surface area contributed by atoms with Crippen molar-refractivity contribution in [1.29, 1.82) is 0 Å². The maximum Gasteiger partial charge on any atom is 0.251 e. The molecule has 0 aliphatic rings. The first-order chi connectivity index (χ1) is 11.1. The van der Waals surface area contributed by atoms with Crippen LogP contribution in [0.2, 0.25) is 0 Å². The van der Waals surface area contributed by atoms with E-state index in [1.165, 1.54) is 6.26 Å². The van der Waals surface area contributed by atoms with Gasteiger partial charge in [0.1, 0.15) is 11.9 Å². The van der Waals surface area contributed by atoms with Crippen LogP contribution in [0.3, 0.4) is 0 Å². The summed E-state index contributed by atoms with van der Waals surface area (Å²) in [6, 6.07) is 12.4. The summed E-state index contributed by atoms with van der Waals surface area (Å²) in [5.74, 6) is 0.331. The van der Waals surface area contributed by atoms with Gasteiger partial charge in [0.25, 0.3) is 5.91 Å². The van der Waals surface area contributed by atoms with Gasteiger partial charge < -0.3 is 14.8 Å². The van der Waals surface area contributed by atoms with Crippen molar-refractivity contribution in [3.05, 3.63) is 66.2 Å². The summed E-state index contributed by atoms with van der Waals surface area (Å²) in [5, 5.41) is 13.9. The molecule has 1 aromatic carbocycles. The molecule has 5 heteroatoms. The van der Waals surface area contributed by atoms with E-state index >= 15 is 0 Å². The van der Waals surface area contributed by atoms with Crippen molar-refractivity contribution in [3.8, 4) is 0 Å². The van der Waals surface area contributed by atoms with Crippen LogP contribution in [0.5, 0.6) is 0 Å². The zero-order valence-corrected chi connectivity index (χ0v) is 12.8. The predicted molar refractivity (Wildman–Crippen MR) is 87.0 cm³/mol. The number of furan rings is 1. The molecular weight excluding hydrogens is 292 g/mol. The van der Waals surface area contributed by atoms with Gasteiger partial charge in [-0.15, -0.1) is 0 Å². The highest BCUT2D eigenvalue weighted by atomic mass is 16.4. The second-order valence-corrected chi connectivity index (χ2v) is 5.55. The van der Waals surface area contributed by atoms with E-state index in [1.807, 2.05) is 31.2 Å². The number of aliphatic hydroxyl groups is 1. The lowest BCUT2D eigenvalue weighted by Crippen LogP contribution is -2.33. The first-order valence-corrected chi connectivity index (χ1v) is 7.50. The number of hydrogen-bond donors (Lipinski definition) is 2. The quantitative estimate of drug-likeness (QED) is 0.759. The number of benzene rings is 1. The second-order valence-electron chi connectivity index (χ2n) is 5.55. The van der Waals surface area contributed by atoms with Crippen LogP contribution in [0.4, 0.5) is 0 Å². The smallest absolute Gasteiger partial charge is 0.251 e. The molecule has 2 N–H and O–H groups in total. The Bertz CT molecular complexity index is 799. The number of pyridine rings is 1. The van der Waals surface area contributed by atoms with Gasteiger partial charge >= 0.3 is 0 Å². The summed E-state index contributed by atoms with van der Waals surface area (Å²) in [5.41, 5.74) is 1.43. The first-order valence-electron chi connectivity index (χ1n) is 7.50. The number of aliphatic hydroxyl groups excluding tert-OH is 1. The molecule has 3 aromatic rings. The monoisotopic (exact) mass is 310 g/mol. The average Bonchev–Trinajstić information content (AvgIpc) is 3.08. The van der Waals surface area contributed by atoms with Gasteiger partial charge in [-0.1, -0.05) is 6.07 Å². The molecule has 0 fully saturated rings. The fraction of sp³-hybridized carbons (Fsp3) is 0.222. The molecule has 23 heavy (non-hydrogen) atoms. The zero-order valence-electron chi connectivity index (χ0n) is 12.8. The standard InChI is InChI=1S/C18H18N2O3/c1-12(10-16(21)17-5-3-9-23-17)20-18(22)14-6-7-15-13(11-14)4-2-8-19-15/h2-9,11-12,16,21H,10H2,1H3,(H,20,22). The molecule has 2 aromatic heterocycles. The molecule has 0 aliphatic heterocycles. The molecule has 118 valence electrons. The summed E-state index contributed by atoms with van der Waals surface area (Å²) >= 11 is 0. The molecule has 0 spiro atoms. The lowest BCUT2D eigenvalue weighted by molar-refractivity contribution is 0.0903. The van der Waals surface area contributed by atoms with E-state index in [-0.39, 0.29) is 11.9 Å². The molecule has 5 nitrogen and oxygen atoms in total. The third-order valence-electron chi connectivity index (χ3n) is 3.69. The third-order valence-corrected chi connectivity index (χ3v) is 3.69. The number of carbonyl (C=O) groups excluding carboxylic acids is 1. The summed E-state index contributed by atoms with van der Waals surface area (Å²) in [6.45, 7) is 1.85. The van der Waals surface area contributed by atoms with Crippen molar-refractivity contribution in [1.82, 2.24) is 10.3 Å². The van der Waals surface area contributed by atoms with Gasteiger partial charge in [0.05, 0.1) is 11.8 Å². The SMILES string of the molecule is CC(CC(O)c1ccco1)NC(=O)c1ccc2ncccc2c1. The van der Waals surface area contributed by atoms with E-state index in [2.05, 4.69) is 10.3 Å². The number of rotatable bonds is 5. The van der Waals surface area contributed by atoms with Gasteiger partial charge in [-0.05, 0) is 43.3 Å². The summed E-state index contributed by atoms with van der Waals surface area (Å²) in [7, 11) is 0. The minimum Gasteiger partial charge on any atom is -0.467 e. The Morgan fingerprint density at radius 2 is 2.17 bits per heavy atom. The lowest BCUT2D eigenvalue weighted by atomic mass is 10.1. The van der Waals surface area contributed by atoms with Crippen LogP contribution in [0.25, 0.3) is 10.9 Å². The van der Waals surface area contributed by atoms with E-state index in [4.69, 9.17) is 4.42 Å². The van der Waals surface area contributed by atoms with E-state index in [0.29, 0.717) is 17.7 Å². The number of amides is 1. The Hall–Kier alpha value is -2.66. The Balaban J connectivity index is 1.65. The van der Waals surface area contributed by atoms with Crippen LogP contribution in [-0.2, 0) is 0 Å². The van der Waals surface area contributed by atoms with Crippen LogP contribution in [-0.4, -0.2) is 22.0 Å². The number of hydrogen-bond acceptors (Lipinski definition) is 4. The minimum absolute atomic E-state index is 0.171. The van der Waals surface area contributed by atoms with Crippen LogP contribution >= 0.6 is 0 Å². The van der Waals surface area contributed by atoms with Crippen LogP contribution in [0.15, 0.2) is 59.3 Å². The molecule has 0 aliphatic carbocycles. The van der Waals surface area contributed by atoms with Gasteiger partial charge in [0.2, 0.25) is 0 Å². The van der Waals surface area contributed by atoms with E-state index in [9.17, 15) is 9.90 Å². The average molecular weight is 310 g/mol. The van der Waals surface area contributed by atoms with Crippen LogP contribution < -0.4 is 5.32 Å². The number of nitrogens with one attached hydrogen (secondary N) is 1. The van der Waals surface area contributed by atoms with Gasteiger partial charge in [0.15, 0.2) is 0 Å². The number of fused-ring (bicyclic) bond motifs is 1. The van der Waals surface area contributed by atoms with Crippen molar-refractivity contribution in [2.45, 2.75) is 25.5 Å². The molecule has 0 saturated heterocycles. The van der Waals surface area contributed by atoms with Crippen molar-refractivity contribution >= 4 is 16.8 Å². The molecule has 0 radical (unpaired) electrons. The zero-order chi connectivity index (χ0) is 16.2. The number of carbonyl (C=O) groups is 1. The molecule has 2 heterocycles. The summed E-state index contributed by atoms with van der Waals surface area (Å²) in [6.07, 6.45) is 2.89.